The monoisotopic (exact) mass is 197 g/mol. The van der Waals surface area contributed by atoms with E-state index in [0.29, 0.717) is 10.6 Å². The van der Waals surface area contributed by atoms with E-state index in [1.165, 1.54) is 11.6 Å². The molecule has 1 nitrogen and oxygen atoms in total. The van der Waals surface area contributed by atoms with E-state index in [2.05, 4.69) is 5.32 Å². The molecule has 0 bridgehead atoms. The lowest BCUT2D eigenvalue weighted by Gasteiger charge is -2.18. The minimum absolute atomic E-state index is 0.257. The van der Waals surface area contributed by atoms with Gasteiger partial charge in [-0.25, -0.2) is 4.39 Å². The molecule has 0 radical (unpaired) electrons. The predicted octanol–water partition coefficient (Wildman–Crippen LogP) is 2.47. The zero-order valence-electron chi connectivity index (χ0n) is 6.98. The standard InChI is InChI=1S/C10H9ClFN/c11-9-2-1-3-10(12)8(9)4-7-5-13-6-7/h1-4,13H,5-6H2. The molecule has 0 saturated carbocycles. The lowest BCUT2D eigenvalue weighted by atomic mass is 10.1. The molecule has 0 unspecified atom stereocenters. The molecule has 68 valence electrons. The first-order valence-electron chi connectivity index (χ1n) is 4.11. The summed E-state index contributed by atoms with van der Waals surface area (Å²) in [5.74, 6) is -0.257. The Morgan fingerprint density at radius 1 is 1.38 bits per heavy atom. The van der Waals surface area contributed by atoms with Crippen LogP contribution in [0.2, 0.25) is 5.02 Å². The SMILES string of the molecule is Fc1cccc(Cl)c1C=C1CNC1. The second-order valence-corrected chi connectivity index (χ2v) is 3.45. The Labute approximate surface area is 81.2 Å². The maximum absolute atomic E-state index is 13.2. The first-order chi connectivity index (χ1) is 6.27. The Bertz CT molecular complexity index is 334. The van der Waals surface area contributed by atoms with Crippen LogP contribution >= 0.6 is 11.6 Å². The number of hydrogen-bond acceptors (Lipinski definition) is 1. The van der Waals surface area contributed by atoms with Gasteiger partial charge in [0.15, 0.2) is 0 Å². The Balaban J connectivity index is 2.38. The van der Waals surface area contributed by atoms with Gasteiger partial charge in [-0.1, -0.05) is 17.7 Å². The third-order valence-electron chi connectivity index (χ3n) is 2.05. The highest BCUT2D eigenvalue weighted by atomic mass is 35.5. The van der Waals surface area contributed by atoms with E-state index in [-0.39, 0.29) is 5.82 Å². The van der Waals surface area contributed by atoms with Gasteiger partial charge in [-0.3, -0.25) is 0 Å². The normalized spacial score (nSPS) is 15.4. The van der Waals surface area contributed by atoms with E-state index in [1.807, 2.05) is 6.08 Å². The van der Waals surface area contributed by atoms with Crippen molar-refractivity contribution in [3.05, 3.63) is 40.2 Å². The van der Waals surface area contributed by atoms with Crippen molar-refractivity contribution in [2.45, 2.75) is 0 Å². The van der Waals surface area contributed by atoms with Crippen LogP contribution in [0.4, 0.5) is 4.39 Å². The van der Waals surface area contributed by atoms with Gasteiger partial charge >= 0.3 is 0 Å². The van der Waals surface area contributed by atoms with Crippen molar-refractivity contribution in [3.8, 4) is 0 Å². The molecule has 2 rings (SSSR count). The quantitative estimate of drug-likeness (QED) is 0.730. The van der Waals surface area contributed by atoms with Gasteiger partial charge < -0.3 is 5.32 Å². The zero-order valence-corrected chi connectivity index (χ0v) is 7.74. The van der Waals surface area contributed by atoms with Crippen LogP contribution in [-0.4, -0.2) is 13.1 Å². The molecule has 1 N–H and O–H groups in total. The third kappa shape index (κ3) is 1.74. The fourth-order valence-corrected chi connectivity index (χ4v) is 1.44. The molecule has 1 aliphatic heterocycles. The van der Waals surface area contributed by atoms with Crippen molar-refractivity contribution in [2.75, 3.05) is 13.1 Å². The lowest BCUT2D eigenvalue weighted by molar-refractivity contribution is 0.623. The van der Waals surface area contributed by atoms with Gasteiger partial charge in [0.1, 0.15) is 5.82 Å². The summed E-state index contributed by atoms with van der Waals surface area (Å²) >= 11 is 5.85. The van der Waals surface area contributed by atoms with Crippen LogP contribution < -0.4 is 5.32 Å². The molecule has 3 heteroatoms. The fraction of sp³-hybridized carbons (Fsp3) is 0.200. The van der Waals surface area contributed by atoms with Gasteiger partial charge in [0, 0.05) is 18.7 Å². The van der Waals surface area contributed by atoms with Crippen molar-refractivity contribution in [2.24, 2.45) is 0 Å². The summed E-state index contributed by atoms with van der Waals surface area (Å²) < 4.78 is 13.2. The summed E-state index contributed by atoms with van der Waals surface area (Å²) in [7, 11) is 0. The lowest BCUT2D eigenvalue weighted by Crippen LogP contribution is -2.33. The highest BCUT2D eigenvalue weighted by Crippen LogP contribution is 2.22. The molecule has 1 aromatic carbocycles. The number of hydrogen-bond donors (Lipinski definition) is 1. The van der Waals surface area contributed by atoms with Crippen molar-refractivity contribution >= 4 is 17.7 Å². The summed E-state index contributed by atoms with van der Waals surface area (Å²) in [6, 6.07) is 4.73. The largest absolute Gasteiger partial charge is 0.309 e. The molecule has 1 saturated heterocycles. The summed E-state index contributed by atoms with van der Waals surface area (Å²) in [4.78, 5) is 0. The Morgan fingerprint density at radius 3 is 2.69 bits per heavy atom. The molecule has 1 fully saturated rings. The van der Waals surface area contributed by atoms with Gasteiger partial charge in [0.25, 0.3) is 0 Å². The highest BCUT2D eigenvalue weighted by Gasteiger charge is 2.10. The third-order valence-corrected chi connectivity index (χ3v) is 2.38. The summed E-state index contributed by atoms with van der Waals surface area (Å²) in [6.07, 6.45) is 1.81. The van der Waals surface area contributed by atoms with Crippen LogP contribution in [0.5, 0.6) is 0 Å². The van der Waals surface area contributed by atoms with E-state index in [1.54, 1.807) is 12.1 Å². The fourth-order valence-electron chi connectivity index (χ4n) is 1.22. The molecular formula is C10H9ClFN. The first-order valence-corrected chi connectivity index (χ1v) is 4.49. The molecule has 0 amide bonds. The van der Waals surface area contributed by atoms with Crippen LogP contribution in [0.25, 0.3) is 6.08 Å². The first kappa shape index (κ1) is 8.73. The molecular weight excluding hydrogens is 189 g/mol. The van der Waals surface area contributed by atoms with Gasteiger partial charge in [0.05, 0.1) is 5.02 Å². The number of nitrogens with one attached hydrogen (secondary N) is 1. The smallest absolute Gasteiger partial charge is 0.131 e. The molecule has 13 heavy (non-hydrogen) atoms. The Kier molecular flexibility index (Phi) is 2.34. The van der Waals surface area contributed by atoms with Gasteiger partial charge in [0.2, 0.25) is 0 Å². The van der Waals surface area contributed by atoms with E-state index in [4.69, 9.17) is 11.6 Å². The predicted molar refractivity (Wildman–Crippen MR) is 52.3 cm³/mol. The molecule has 0 atom stereocenters. The minimum atomic E-state index is -0.257. The maximum Gasteiger partial charge on any atom is 0.131 e. The maximum atomic E-state index is 13.2. The molecule has 0 aromatic heterocycles. The zero-order chi connectivity index (χ0) is 9.26. The van der Waals surface area contributed by atoms with Gasteiger partial charge in [-0.2, -0.15) is 0 Å². The molecule has 0 spiro atoms. The summed E-state index contributed by atoms with van der Waals surface area (Å²) in [6.45, 7) is 1.68. The molecule has 0 aliphatic carbocycles. The van der Waals surface area contributed by atoms with E-state index in [9.17, 15) is 4.39 Å². The van der Waals surface area contributed by atoms with Crippen molar-refractivity contribution in [1.29, 1.82) is 0 Å². The van der Waals surface area contributed by atoms with E-state index < -0.39 is 0 Å². The van der Waals surface area contributed by atoms with Crippen LogP contribution in [0, 0.1) is 5.82 Å². The van der Waals surface area contributed by atoms with Crippen LogP contribution in [0.3, 0.4) is 0 Å². The number of benzene rings is 1. The molecule has 1 aliphatic rings. The van der Waals surface area contributed by atoms with Crippen molar-refractivity contribution < 1.29 is 4.39 Å². The van der Waals surface area contributed by atoms with Crippen molar-refractivity contribution in [3.63, 3.8) is 0 Å². The minimum Gasteiger partial charge on any atom is -0.309 e. The second kappa shape index (κ2) is 3.48. The van der Waals surface area contributed by atoms with E-state index >= 15 is 0 Å². The number of rotatable bonds is 1. The average molecular weight is 198 g/mol. The van der Waals surface area contributed by atoms with Gasteiger partial charge in [-0.05, 0) is 23.8 Å². The summed E-state index contributed by atoms with van der Waals surface area (Å²) in [5, 5.41) is 3.56. The van der Waals surface area contributed by atoms with E-state index in [0.717, 1.165) is 13.1 Å². The Hall–Kier alpha value is -0.860. The van der Waals surface area contributed by atoms with Crippen LogP contribution in [0.1, 0.15) is 5.56 Å². The average Bonchev–Trinajstić information content (AvgIpc) is 2.00. The van der Waals surface area contributed by atoms with Crippen LogP contribution in [0.15, 0.2) is 23.8 Å². The summed E-state index contributed by atoms with van der Waals surface area (Å²) in [5.41, 5.74) is 1.69. The van der Waals surface area contributed by atoms with Crippen LogP contribution in [-0.2, 0) is 0 Å². The number of halogens is 2. The highest BCUT2D eigenvalue weighted by molar-refractivity contribution is 6.32. The topological polar surface area (TPSA) is 12.0 Å². The molecule has 1 aromatic rings. The van der Waals surface area contributed by atoms with Crippen molar-refractivity contribution in [1.82, 2.24) is 5.32 Å². The Morgan fingerprint density at radius 2 is 2.15 bits per heavy atom. The molecule has 1 heterocycles. The second-order valence-electron chi connectivity index (χ2n) is 3.04. The van der Waals surface area contributed by atoms with Gasteiger partial charge in [-0.15, -0.1) is 0 Å².